The van der Waals surface area contributed by atoms with E-state index >= 15 is 0 Å². The Morgan fingerprint density at radius 2 is 1.41 bits per heavy atom. The van der Waals surface area contributed by atoms with Crippen LogP contribution in [0.1, 0.15) is 5.56 Å². The maximum atomic E-state index is 13.9. The van der Waals surface area contributed by atoms with Crippen molar-refractivity contribution < 1.29 is 26.1 Å². The highest BCUT2D eigenvalue weighted by molar-refractivity contribution is 7.89. The summed E-state index contributed by atoms with van der Waals surface area (Å²) in [5, 5.41) is 11.0. The Morgan fingerprint density at radius 3 is 1.93 bits per heavy atom. The van der Waals surface area contributed by atoms with Gasteiger partial charge in [0.05, 0.1) is 9.82 Å². The molecule has 12 heteroatoms. The zero-order valence-corrected chi connectivity index (χ0v) is 17.0. The van der Waals surface area contributed by atoms with E-state index in [9.17, 15) is 31.3 Å². The first-order chi connectivity index (χ1) is 13.5. The second-order valence-electron chi connectivity index (χ2n) is 6.45. The number of sulfonamides is 2. The van der Waals surface area contributed by atoms with Crippen molar-refractivity contribution in [1.29, 1.82) is 0 Å². The first-order valence-corrected chi connectivity index (χ1v) is 11.4. The molecule has 0 N–H and O–H groups in total. The van der Waals surface area contributed by atoms with Crippen molar-refractivity contribution in [3.05, 3.63) is 64.0 Å². The molecule has 0 radical (unpaired) electrons. The predicted octanol–water partition coefficient (Wildman–Crippen LogP) is 1.74. The number of halogens is 1. The van der Waals surface area contributed by atoms with E-state index in [1.165, 1.54) is 31.2 Å². The lowest BCUT2D eigenvalue weighted by Gasteiger charge is -2.33. The molecule has 3 rings (SSSR count). The molecular formula is C17H18FN3O6S2. The molecule has 0 aliphatic carbocycles. The fourth-order valence-electron chi connectivity index (χ4n) is 3.06. The molecule has 1 saturated heterocycles. The molecule has 2 aromatic rings. The molecular weight excluding hydrogens is 425 g/mol. The summed E-state index contributed by atoms with van der Waals surface area (Å²) >= 11 is 0. The number of nitrogens with zero attached hydrogens (tertiary/aromatic N) is 3. The van der Waals surface area contributed by atoms with Crippen LogP contribution in [0.15, 0.2) is 52.3 Å². The Kier molecular flexibility index (Phi) is 5.72. The van der Waals surface area contributed by atoms with E-state index in [1.54, 1.807) is 0 Å². The summed E-state index contributed by atoms with van der Waals surface area (Å²) in [7, 11) is -8.16. The minimum absolute atomic E-state index is 0.155. The normalized spacial score (nSPS) is 16.6. The van der Waals surface area contributed by atoms with Crippen molar-refractivity contribution in [3.8, 4) is 0 Å². The Labute approximate surface area is 167 Å². The van der Waals surface area contributed by atoms with E-state index < -0.39 is 35.7 Å². The molecule has 2 aromatic carbocycles. The van der Waals surface area contributed by atoms with Gasteiger partial charge in [-0.3, -0.25) is 10.1 Å². The molecule has 1 aliphatic heterocycles. The van der Waals surface area contributed by atoms with Gasteiger partial charge in [0.25, 0.3) is 5.69 Å². The van der Waals surface area contributed by atoms with Crippen LogP contribution < -0.4 is 0 Å². The number of nitro benzene ring substituents is 1. The van der Waals surface area contributed by atoms with Gasteiger partial charge in [0.15, 0.2) is 0 Å². The summed E-state index contributed by atoms with van der Waals surface area (Å²) in [6.45, 7) is 0.888. The van der Waals surface area contributed by atoms with Gasteiger partial charge in [-0.1, -0.05) is 18.2 Å². The van der Waals surface area contributed by atoms with Crippen molar-refractivity contribution in [1.82, 2.24) is 8.61 Å². The number of aryl methyl sites for hydroxylation is 1. The molecule has 0 amide bonds. The van der Waals surface area contributed by atoms with Gasteiger partial charge >= 0.3 is 0 Å². The van der Waals surface area contributed by atoms with E-state index in [1.807, 2.05) is 0 Å². The Hall–Kier alpha value is -2.41. The monoisotopic (exact) mass is 443 g/mol. The van der Waals surface area contributed by atoms with Gasteiger partial charge in [-0.15, -0.1) is 0 Å². The molecule has 0 spiro atoms. The van der Waals surface area contributed by atoms with E-state index in [0.29, 0.717) is 5.56 Å². The maximum absolute atomic E-state index is 13.9. The lowest BCUT2D eigenvalue weighted by Crippen LogP contribution is -2.50. The van der Waals surface area contributed by atoms with Crippen molar-refractivity contribution >= 4 is 25.7 Å². The third kappa shape index (κ3) is 4.01. The first-order valence-electron chi connectivity index (χ1n) is 8.55. The van der Waals surface area contributed by atoms with E-state index in [2.05, 4.69) is 0 Å². The van der Waals surface area contributed by atoms with E-state index in [0.717, 1.165) is 26.8 Å². The molecule has 9 nitrogen and oxygen atoms in total. The van der Waals surface area contributed by atoms with Gasteiger partial charge in [-0.05, 0) is 24.6 Å². The molecule has 156 valence electrons. The number of benzene rings is 2. The van der Waals surface area contributed by atoms with Crippen LogP contribution in [-0.2, 0) is 20.0 Å². The average molecular weight is 443 g/mol. The smallest absolute Gasteiger partial charge is 0.258 e. The number of nitro groups is 1. The van der Waals surface area contributed by atoms with Gasteiger partial charge in [-0.2, -0.15) is 8.61 Å². The number of hydrogen-bond donors (Lipinski definition) is 0. The lowest BCUT2D eigenvalue weighted by atomic mass is 10.2. The molecule has 0 bridgehead atoms. The Morgan fingerprint density at radius 1 is 0.897 bits per heavy atom. The topological polar surface area (TPSA) is 118 Å². The number of hydrogen-bond acceptors (Lipinski definition) is 6. The second-order valence-corrected chi connectivity index (χ2v) is 10.3. The number of rotatable bonds is 5. The average Bonchev–Trinajstić information content (AvgIpc) is 2.68. The fraction of sp³-hybridized carbons (Fsp3) is 0.294. The maximum Gasteiger partial charge on any atom is 0.270 e. The van der Waals surface area contributed by atoms with Crippen molar-refractivity contribution in [2.45, 2.75) is 16.7 Å². The van der Waals surface area contributed by atoms with Crippen LogP contribution in [0.4, 0.5) is 10.1 Å². The van der Waals surface area contributed by atoms with Crippen LogP contribution in [0.5, 0.6) is 0 Å². The SMILES string of the molecule is Cc1ccc([N+](=O)[O-])cc1S(=O)(=O)N1CCN(S(=O)(=O)c2ccccc2F)CC1. The quantitative estimate of drug-likeness (QED) is 0.513. The standard InChI is InChI=1S/C17H18FN3O6S2/c1-13-6-7-14(21(22)23)12-17(13)29(26,27)20-10-8-19(9-11-20)28(24,25)16-5-3-2-4-15(16)18/h2-7,12H,8-11H2,1H3. The minimum atomic E-state index is -4.10. The van der Waals surface area contributed by atoms with Crippen LogP contribution in [0.25, 0.3) is 0 Å². The highest BCUT2D eigenvalue weighted by Gasteiger charge is 2.35. The van der Waals surface area contributed by atoms with Gasteiger partial charge in [-0.25, -0.2) is 21.2 Å². The highest BCUT2D eigenvalue weighted by atomic mass is 32.2. The number of piperazine rings is 1. The molecule has 0 atom stereocenters. The van der Waals surface area contributed by atoms with Crippen LogP contribution in [0.3, 0.4) is 0 Å². The number of non-ortho nitro benzene ring substituents is 1. The Balaban J connectivity index is 1.83. The molecule has 0 unspecified atom stereocenters. The summed E-state index contributed by atoms with van der Waals surface area (Å²) in [6.07, 6.45) is 0. The van der Waals surface area contributed by atoms with Crippen molar-refractivity contribution in [2.24, 2.45) is 0 Å². The highest BCUT2D eigenvalue weighted by Crippen LogP contribution is 2.27. The summed E-state index contributed by atoms with van der Waals surface area (Å²) in [4.78, 5) is 9.63. The van der Waals surface area contributed by atoms with Crippen molar-refractivity contribution in [2.75, 3.05) is 26.2 Å². The molecule has 0 aromatic heterocycles. The Bertz CT molecular complexity index is 1160. The largest absolute Gasteiger partial charge is 0.270 e. The van der Waals surface area contributed by atoms with Gasteiger partial charge < -0.3 is 0 Å². The lowest BCUT2D eigenvalue weighted by molar-refractivity contribution is -0.385. The third-order valence-electron chi connectivity index (χ3n) is 4.65. The summed E-state index contributed by atoms with van der Waals surface area (Å²) < 4.78 is 67.2. The van der Waals surface area contributed by atoms with Crippen LogP contribution in [0, 0.1) is 22.9 Å². The summed E-state index contributed by atoms with van der Waals surface area (Å²) in [5.41, 5.74) is -0.00745. The molecule has 29 heavy (non-hydrogen) atoms. The third-order valence-corrected chi connectivity index (χ3v) is 8.62. The summed E-state index contributed by atoms with van der Waals surface area (Å²) in [6, 6.07) is 8.53. The zero-order chi connectivity index (χ0) is 21.4. The van der Waals surface area contributed by atoms with E-state index in [4.69, 9.17) is 0 Å². The van der Waals surface area contributed by atoms with Gasteiger partial charge in [0.1, 0.15) is 10.7 Å². The molecule has 1 fully saturated rings. The van der Waals surface area contributed by atoms with Crippen LogP contribution >= 0.6 is 0 Å². The minimum Gasteiger partial charge on any atom is -0.258 e. The van der Waals surface area contributed by atoms with Gasteiger partial charge in [0, 0.05) is 38.3 Å². The van der Waals surface area contributed by atoms with Crippen LogP contribution in [0.2, 0.25) is 0 Å². The van der Waals surface area contributed by atoms with Crippen molar-refractivity contribution in [3.63, 3.8) is 0 Å². The molecule has 0 saturated carbocycles. The second kappa shape index (κ2) is 7.78. The van der Waals surface area contributed by atoms with Crippen LogP contribution in [-0.4, -0.2) is 56.5 Å². The zero-order valence-electron chi connectivity index (χ0n) is 15.4. The fourth-order valence-corrected chi connectivity index (χ4v) is 6.22. The first kappa shape index (κ1) is 21.3. The molecule has 1 heterocycles. The van der Waals surface area contributed by atoms with E-state index in [-0.39, 0.29) is 36.8 Å². The van der Waals surface area contributed by atoms with Gasteiger partial charge in [0.2, 0.25) is 20.0 Å². The predicted molar refractivity (Wildman–Crippen MR) is 102 cm³/mol. The summed E-state index contributed by atoms with van der Waals surface area (Å²) in [5.74, 6) is -0.880. The molecule has 1 aliphatic rings.